The smallest absolute Gasteiger partial charge is 0.259 e. The van der Waals surface area contributed by atoms with Crippen molar-refractivity contribution in [2.24, 2.45) is 0 Å². The number of H-pyrrole nitrogens is 1. The van der Waals surface area contributed by atoms with Crippen LogP contribution >= 0.6 is 0 Å². The highest BCUT2D eigenvalue weighted by Crippen LogP contribution is 2.34. The van der Waals surface area contributed by atoms with Crippen LogP contribution in [0.4, 0.5) is 0 Å². The van der Waals surface area contributed by atoms with Gasteiger partial charge in [-0.25, -0.2) is 0 Å². The van der Waals surface area contributed by atoms with E-state index < -0.39 is 0 Å². The molecule has 1 aromatic carbocycles. The SMILES string of the molecule is Cc1cc(C)c(-c2c(O)c(C#N)c(C)[nH]c2=O)c(C)c1. The molecule has 0 atom stereocenters. The van der Waals surface area contributed by atoms with Crippen LogP contribution in [0, 0.1) is 39.0 Å². The molecule has 2 rings (SSSR count). The highest BCUT2D eigenvalue weighted by molar-refractivity contribution is 5.78. The maximum atomic E-state index is 12.2. The summed E-state index contributed by atoms with van der Waals surface area (Å²) in [6.45, 7) is 7.35. The summed E-state index contributed by atoms with van der Waals surface area (Å²) in [6.07, 6.45) is 0. The fourth-order valence-corrected chi connectivity index (χ4v) is 2.65. The molecule has 0 unspecified atom stereocenters. The van der Waals surface area contributed by atoms with E-state index in [1.165, 1.54) is 0 Å². The number of nitriles is 1. The van der Waals surface area contributed by atoms with Gasteiger partial charge in [0.15, 0.2) is 0 Å². The highest BCUT2D eigenvalue weighted by Gasteiger charge is 2.19. The summed E-state index contributed by atoms with van der Waals surface area (Å²) < 4.78 is 0. The number of aryl methyl sites for hydroxylation is 4. The second-order valence-corrected chi connectivity index (χ2v) is 5.06. The number of pyridine rings is 1. The standard InChI is InChI=1S/C16H16N2O2/c1-8-5-9(2)13(10(3)6-8)14-15(19)12(7-17)11(4)18-16(14)20/h5-6H,1-4H3,(H2,18,19,20). The van der Waals surface area contributed by atoms with E-state index in [0.29, 0.717) is 11.3 Å². The molecule has 0 spiro atoms. The molecule has 0 fully saturated rings. The van der Waals surface area contributed by atoms with E-state index in [4.69, 9.17) is 5.26 Å². The van der Waals surface area contributed by atoms with Crippen LogP contribution in [0.1, 0.15) is 27.9 Å². The second-order valence-electron chi connectivity index (χ2n) is 5.06. The third-order valence-electron chi connectivity index (χ3n) is 3.42. The summed E-state index contributed by atoms with van der Waals surface area (Å²) in [7, 11) is 0. The molecule has 0 aliphatic heterocycles. The minimum Gasteiger partial charge on any atom is -0.506 e. The first-order chi connectivity index (χ1) is 9.36. The Hall–Kier alpha value is -2.54. The predicted octanol–water partition coefficient (Wildman–Crippen LogP) is 2.85. The summed E-state index contributed by atoms with van der Waals surface area (Å²) >= 11 is 0. The Morgan fingerprint density at radius 3 is 2.15 bits per heavy atom. The fourth-order valence-electron chi connectivity index (χ4n) is 2.65. The number of rotatable bonds is 1. The highest BCUT2D eigenvalue weighted by atomic mass is 16.3. The molecule has 2 N–H and O–H groups in total. The molecule has 2 aromatic rings. The van der Waals surface area contributed by atoms with E-state index in [9.17, 15) is 9.90 Å². The molecule has 0 radical (unpaired) electrons. The molecule has 0 aliphatic rings. The zero-order valence-corrected chi connectivity index (χ0v) is 12.0. The molecule has 4 heteroatoms. The lowest BCUT2D eigenvalue weighted by molar-refractivity contribution is 0.473. The average Bonchev–Trinajstić information content (AvgIpc) is 2.32. The van der Waals surface area contributed by atoms with Crippen molar-refractivity contribution in [3.63, 3.8) is 0 Å². The van der Waals surface area contributed by atoms with Crippen LogP contribution in [0.5, 0.6) is 5.75 Å². The van der Waals surface area contributed by atoms with Crippen molar-refractivity contribution in [3.8, 4) is 22.9 Å². The molecule has 0 bridgehead atoms. The quantitative estimate of drug-likeness (QED) is 0.834. The van der Waals surface area contributed by atoms with Gasteiger partial charge >= 0.3 is 0 Å². The maximum absolute atomic E-state index is 12.2. The number of hydrogen-bond acceptors (Lipinski definition) is 3. The Morgan fingerprint density at radius 2 is 1.65 bits per heavy atom. The van der Waals surface area contributed by atoms with Crippen molar-refractivity contribution in [3.05, 3.63) is 50.4 Å². The lowest BCUT2D eigenvalue weighted by Crippen LogP contribution is -2.13. The van der Waals surface area contributed by atoms with Gasteiger partial charge in [-0.3, -0.25) is 4.79 Å². The molecule has 102 valence electrons. The van der Waals surface area contributed by atoms with Crippen LogP contribution < -0.4 is 5.56 Å². The first-order valence-corrected chi connectivity index (χ1v) is 6.31. The molecule has 0 aliphatic carbocycles. The maximum Gasteiger partial charge on any atom is 0.259 e. The topological polar surface area (TPSA) is 76.9 Å². The van der Waals surface area contributed by atoms with Crippen LogP contribution in [0.15, 0.2) is 16.9 Å². The van der Waals surface area contributed by atoms with Crippen molar-refractivity contribution < 1.29 is 5.11 Å². The minimum atomic E-state index is -0.381. The van der Waals surface area contributed by atoms with Crippen molar-refractivity contribution >= 4 is 0 Å². The second kappa shape index (κ2) is 4.86. The van der Waals surface area contributed by atoms with E-state index in [0.717, 1.165) is 16.7 Å². The molecule has 1 aromatic heterocycles. The van der Waals surface area contributed by atoms with Gasteiger partial charge in [-0.2, -0.15) is 5.26 Å². The first kappa shape index (κ1) is 13.9. The number of aromatic amines is 1. The first-order valence-electron chi connectivity index (χ1n) is 6.31. The summed E-state index contributed by atoms with van der Waals surface area (Å²) in [5.74, 6) is -0.246. The van der Waals surface area contributed by atoms with Gasteiger partial charge in [-0.15, -0.1) is 0 Å². The van der Waals surface area contributed by atoms with E-state index in [1.54, 1.807) is 6.92 Å². The van der Waals surface area contributed by atoms with Crippen LogP contribution in [0.2, 0.25) is 0 Å². The summed E-state index contributed by atoms with van der Waals surface area (Å²) in [5.41, 5.74) is 3.85. The fraction of sp³-hybridized carbons (Fsp3) is 0.250. The number of hydrogen-bond donors (Lipinski definition) is 2. The van der Waals surface area contributed by atoms with Crippen molar-refractivity contribution in [2.45, 2.75) is 27.7 Å². The summed E-state index contributed by atoms with van der Waals surface area (Å²) in [5, 5.41) is 19.4. The van der Waals surface area contributed by atoms with Gasteiger partial charge < -0.3 is 10.1 Å². The van der Waals surface area contributed by atoms with Gasteiger partial charge in [-0.05, 0) is 44.4 Å². The Kier molecular flexibility index (Phi) is 3.37. The Bertz CT molecular complexity index is 772. The molecular weight excluding hydrogens is 252 g/mol. The monoisotopic (exact) mass is 268 g/mol. The van der Waals surface area contributed by atoms with E-state index in [1.807, 2.05) is 39.0 Å². The number of nitrogens with zero attached hydrogens (tertiary/aromatic N) is 1. The average molecular weight is 268 g/mol. The van der Waals surface area contributed by atoms with Gasteiger partial charge in [0, 0.05) is 5.69 Å². The van der Waals surface area contributed by atoms with Gasteiger partial charge in [0.2, 0.25) is 0 Å². The summed E-state index contributed by atoms with van der Waals surface area (Å²) in [6, 6.07) is 5.83. The Morgan fingerprint density at radius 1 is 1.10 bits per heavy atom. The largest absolute Gasteiger partial charge is 0.506 e. The van der Waals surface area contributed by atoms with Crippen molar-refractivity contribution in [2.75, 3.05) is 0 Å². The van der Waals surface area contributed by atoms with Crippen LogP contribution in [0.3, 0.4) is 0 Å². The van der Waals surface area contributed by atoms with Gasteiger partial charge in [0.05, 0.1) is 5.56 Å². The lowest BCUT2D eigenvalue weighted by atomic mass is 9.93. The van der Waals surface area contributed by atoms with Gasteiger partial charge in [0.25, 0.3) is 5.56 Å². The van der Waals surface area contributed by atoms with Crippen molar-refractivity contribution in [1.29, 1.82) is 5.26 Å². The lowest BCUT2D eigenvalue weighted by Gasteiger charge is -2.13. The number of nitrogens with one attached hydrogen (secondary N) is 1. The Labute approximate surface area is 117 Å². The van der Waals surface area contributed by atoms with E-state index >= 15 is 0 Å². The zero-order chi connectivity index (χ0) is 15.0. The molecule has 20 heavy (non-hydrogen) atoms. The van der Waals surface area contributed by atoms with Crippen LogP contribution in [-0.2, 0) is 0 Å². The normalized spacial score (nSPS) is 10.3. The van der Waals surface area contributed by atoms with Crippen LogP contribution in [-0.4, -0.2) is 10.1 Å². The molecule has 4 nitrogen and oxygen atoms in total. The Balaban J connectivity index is 2.92. The molecule has 0 saturated carbocycles. The number of aromatic hydroxyl groups is 1. The molecule has 0 saturated heterocycles. The zero-order valence-electron chi connectivity index (χ0n) is 12.0. The van der Waals surface area contributed by atoms with Gasteiger partial charge in [0.1, 0.15) is 17.4 Å². The van der Waals surface area contributed by atoms with Crippen molar-refractivity contribution in [1.82, 2.24) is 4.98 Å². The molecular formula is C16H16N2O2. The predicted molar refractivity (Wildman–Crippen MR) is 77.8 cm³/mol. The van der Waals surface area contributed by atoms with Gasteiger partial charge in [-0.1, -0.05) is 17.7 Å². The third kappa shape index (κ3) is 2.08. The number of benzene rings is 1. The van der Waals surface area contributed by atoms with E-state index in [-0.39, 0.29) is 22.4 Å². The van der Waals surface area contributed by atoms with E-state index in [2.05, 4.69) is 4.98 Å². The molecule has 0 amide bonds. The number of aromatic nitrogens is 1. The third-order valence-corrected chi connectivity index (χ3v) is 3.42. The minimum absolute atomic E-state index is 0.110. The summed E-state index contributed by atoms with van der Waals surface area (Å²) in [4.78, 5) is 14.8. The van der Waals surface area contributed by atoms with Crippen LogP contribution in [0.25, 0.3) is 11.1 Å². The molecule has 1 heterocycles.